The van der Waals surface area contributed by atoms with Crippen molar-refractivity contribution in [2.45, 2.75) is 5.03 Å². The summed E-state index contributed by atoms with van der Waals surface area (Å²) in [5.74, 6) is 0.495. The van der Waals surface area contributed by atoms with Gasteiger partial charge in [0.2, 0.25) is 0 Å². The Morgan fingerprint density at radius 1 is 1.35 bits per heavy atom. The van der Waals surface area contributed by atoms with E-state index in [4.69, 9.17) is 10.00 Å². The fourth-order valence-electron chi connectivity index (χ4n) is 1.57. The lowest BCUT2D eigenvalue weighted by atomic mass is 10.3. The Bertz CT molecular complexity index is 729. The summed E-state index contributed by atoms with van der Waals surface area (Å²) in [5, 5.41) is 12.3. The number of nitrogens with one attached hydrogen (secondary N) is 1. The first-order valence-corrected chi connectivity index (χ1v) is 7.12. The fraction of sp³-hybridized carbons (Fsp3) is 0.167. The van der Waals surface area contributed by atoms with Crippen molar-refractivity contribution in [3.05, 3.63) is 36.5 Å². The molecule has 0 aliphatic heterocycles. The summed E-state index contributed by atoms with van der Waals surface area (Å²) >= 11 is 0. The van der Waals surface area contributed by atoms with Crippen LogP contribution in [0.1, 0.15) is 0 Å². The summed E-state index contributed by atoms with van der Waals surface area (Å²) in [6.07, 6.45) is 1.41. The van der Waals surface area contributed by atoms with Crippen LogP contribution in [-0.4, -0.2) is 24.8 Å². The van der Waals surface area contributed by atoms with Gasteiger partial charge in [0, 0.05) is 12.7 Å². The number of ether oxygens (including phenoxy) is 1. The summed E-state index contributed by atoms with van der Waals surface area (Å²) < 4.78 is 33.0. The number of rotatable bonds is 5. The minimum atomic E-state index is -3.67. The van der Waals surface area contributed by atoms with Gasteiger partial charge >= 0.3 is 0 Å². The van der Waals surface area contributed by atoms with Crippen LogP contribution < -0.4 is 9.46 Å². The summed E-state index contributed by atoms with van der Waals surface area (Å²) in [6, 6.07) is 9.54. The van der Waals surface area contributed by atoms with Gasteiger partial charge in [-0.3, -0.25) is 9.40 Å². The quantitative estimate of drug-likeness (QED) is 0.890. The van der Waals surface area contributed by atoms with E-state index in [0.717, 1.165) is 0 Å². The van der Waals surface area contributed by atoms with Crippen LogP contribution in [0, 0.1) is 11.3 Å². The average molecular weight is 292 g/mol. The number of sulfonamides is 1. The van der Waals surface area contributed by atoms with Crippen LogP contribution in [0.15, 0.2) is 41.6 Å². The van der Waals surface area contributed by atoms with Crippen LogP contribution >= 0.6 is 0 Å². The molecule has 0 saturated carbocycles. The second-order valence-corrected chi connectivity index (χ2v) is 5.50. The number of aromatic nitrogens is 2. The maximum absolute atomic E-state index is 12.1. The van der Waals surface area contributed by atoms with Gasteiger partial charge in [0.25, 0.3) is 10.0 Å². The van der Waals surface area contributed by atoms with Gasteiger partial charge in [-0.1, -0.05) is 0 Å². The zero-order chi connectivity index (χ0) is 14.6. The van der Waals surface area contributed by atoms with Crippen molar-refractivity contribution in [3.63, 3.8) is 0 Å². The predicted octanol–water partition coefficient (Wildman–Crippen LogP) is 1.12. The summed E-state index contributed by atoms with van der Waals surface area (Å²) in [6.45, 7) is -0.0555. The smallest absolute Gasteiger partial charge is 0.279 e. The van der Waals surface area contributed by atoms with Gasteiger partial charge in [0.05, 0.1) is 6.20 Å². The minimum Gasteiger partial charge on any atom is -0.479 e. The Labute approximate surface area is 116 Å². The van der Waals surface area contributed by atoms with E-state index in [1.165, 1.54) is 16.9 Å². The van der Waals surface area contributed by atoms with Crippen LogP contribution in [0.2, 0.25) is 0 Å². The largest absolute Gasteiger partial charge is 0.479 e. The van der Waals surface area contributed by atoms with Gasteiger partial charge in [-0.2, -0.15) is 18.8 Å². The molecular formula is C12H12N4O3S. The lowest BCUT2D eigenvalue weighted by Gasteiger charge is -2.08. The van der Waals surface area contributed by atoms with Crippen molar-refractivity contribution in [1.29, 1.82) is 5.26 Å². The minimum absolute atomic E-state index is 0.0555. The molecule has 8 heteroatoms. The molecule has 20 heavy (non-hydrogen) atoms. The Hall–Kier alpha value is -2.53. The summed E-state index contributed by atoms with van der Waals surface area (Å²) in [7, 11) is -2.12. The zero-order valence-electron chi connectivity index (χ0n) is 10.6. The van der Waals surface area contributed by atoms with E-state index in [9.17, 15) is 8.42 Å². The molecule has 104 valence electrons. The highest BCUT2D eigenvalue weighted by molar-refractivity contribution is 7.92. The fourth-order valence-corrected chi connectivity index (χ4v) is 2.75. The van der Waals surface area contributed by atoms with Crippen LogP contribution in [-0.2, 0) is 17.1 Å². The first kappa shape index (κ1) is 13.9. The van der Waals surface area contributed by atoms with Crippen molar-refractivity contribution in [1.82, 2.24) is 9.78 Å². The third-order valence-electron chi connectivity index (χ3n) is 2.46. The molecule has 7 nitrogen and oxygen atoms in total. The monoisotopic (exact) mass is 292 g/mol. The molecule has 1 heterocycles. The third-order valence-corrected chi connectivity index (χ3v) is 3.92. The van der Waals surface area contributed by atoms with Crippen molar-refractivity contribution in [2.75, 3.05) is 11.3 Å². The Kier molecular flexibility index (Phi) is 3.91. The zero-order valence-corrected chi connectivity index (χ0v) is 11.5. The van der Waals surface area contributed by atoms with Crippen LogP contribution in [0.5, 0.6) is 5.75 Å². The highest BCUT2D eigenvalue weighted by atomic mass is 32.2. The Morgan fingerprint density at radius 3 is 2.60 bits per heavy atom. The van der Waals surface area contributed by atoms with Crippen molar-refractivity contribution in [2.24, 2.45) is 7.05 Å². The lowest BCUT2D eigenvalue weighted by Crippen LogP contribution is -2.16. The standard InChI is InChI=1S/C12H12N4O3S/c1-16-12(6-8-14-16)20(17,18)15-10-2-4-11(5-3-10)19-9-7-13/h2-6,8,15H,9H2,1H3. The topological polar surface area (TPSA) is 97.0 Å². The van der Waals surface area contributed by atoms with Crippen molar-refractivity contribution in [3.8, 4) is 11.8 Å². The van der Waals surface area contributed by atoms with E-state index in [-0.39, 0.29) is 11.6 Å². The molecule has 0 fully saturated rings. The van der Waals surface area contributed by atoms with E-state index in [2.05, 4.69) is 9.82 Å². The van der Waals surface area contributed by atoms with Gasteiger partial charge in [0.15, 0.2) is 11.6 Å². The molecule has 2 rings (SSSR count). The number of anilines is 1. The molecule has 1 N–H and O–H groups in total. The molecule has 0 atom stereocenters. The third kappa shape index (κ3) is 3.07. The maximum atomic E-state index is 12.1. The maximum Gasteiger partial charge on any atom is 0.279 e. The van der Waals surface area contributed by atoms with Gasteiger partial charge in [-0.15, -0.1) is 0 Å². The normalized spacial score (nSPS) is 10.8. The molecule has 0 bridgehead atoms. The van der Waals surface area contributed by atoms with Gasteiger partial charge in [-0.05, 0) is 30.3 Å². The van der Waals surface area contributed by atoms with Crippen LogP contribution in [0.3, 0.4) is 0 Å². The van der Waals surface area contributed by atoms with E-state index < -0.39 is 10.0 Å². The average Bonchev–Trinajstić information content (AvgIpc) is 2.85. The van der Waals surface area contributed by atoms with Crippen molar-refractivity contribution >= 4 is 15.7 Å². The highest BCUT2D eigenvalue weighted by Crippen LogP contribution is 2.19. The predicted molar refractivity (Wildman–Crippen MR) is 71.6 cm³/mol. The molecule has 0 aliphatic carbocycles. The number of nitriles is 1. The van der Waals surface area contributed by atoms with E-state index in [0.29, 0.717) is 11.4 Å². The molecule has 0 saturated heterocycles. The SMILES string of the molecule is Cn1nccc1S(=O)(=O)Nc1ccc(OCC#N)cc1. The van der Waals surface area contributed by atoms with Gasteiger partial charge in [0.1, 0.15) is 11.8 Å². The van der Waals surface area contributed by atoms with Gasteiger partial charge < -0.3 is 4.74 Å². The molecule has 0 unspecified atom stereocenters. The lowest BCUT2D eigenvalue weighted by molar-refractivity contribution is 0.368. The second-order valence-electron chi connectivity index (χ2n) is 3.87. The molecule has 1 aromatic carbocycles. The number of hydrogen-bond acceptors (Lipinski definition) is 5. The van der Waals surface area contributed by atoms with Crippen molar-refractivity contribution < 1.29 is 13.2 Å². The molecular weight excluding hydrogens is 280 g/mol. The number of hydrogen-bond donors (Lipinski definition) is 1. The molecule has 2 aromatic rings. The highest BCUT2D eigenvalue weighted by Gasteiger charge is 2.17. The molecule has 0 radical (unpaired) electrons. The molecule has 0 spiro atoms. The summed E-state index contributed by atoms with van der Waals surface area (Å²) in [5.41, 5.74) is 0.399. The van der Waals surface area contributed by atoms with E-state index in [1.54, 1.807) is 31.3 Å². The van der Waals surface area contributed by atoms with Crippen LogP contribution in [0.25, 0.3) is 0 Å². The molecule has 0 aliphatic rings. The Balaban J connectivity index is 2.14. The summed E-state index contributed by atoms with van der Waals surface area (Å²) in [4.78, 5) is 0. The van der Waals surface area contributed by atoms with Crippen LogP contribution in [0.4, 0.5) is 5.69 Å². The number of benzene rings is 1. The first-order chi connectivity index (χ1) is 9.53. The Morgan fingerprint density at radius 2 is 2.05 bits per heavy atom. The van der Waals surface area contributed by atoms with Gasteiger partial charge in [-0.25, -0.2) is 0 Å². The second kappa shape index (κ2) is 5.63. The number of nitrogens with zero attached hydrogens (tertiary/aromatic N) is 3. The van der Waals surface area contributed by atoms with E-state index >= 15 is 0 Å². The molecule has 1 aromatic heterocycles. The first-order valence-electron chi connectivity index (χ1n) is 5.63. The molecule has 0 amide bonds. The van der Waals surface area contributed by atoms with E-state index in [1.807, 2.05) is 6.07 Å². The number of aryl methyl sites for hydroxylation is 1.